The zero-order valence-corrected chi connectivity index (χ0v) is 14.5. The Morgan fingerprint density at radius 2 is 2.12 bits per heavy atom. The fraction of sp³-hybridized carbons (Fsp3) is 0.474. The molecule has 2 aromatic rings. The summed E-state index contributed by atoms with van der Waals surface area (Å²) in [6.45, 7) is 2.48. The van der Waals surface area contributed by atoms with Gasteiger partial charge in [-0.3, -0.25) is 4.79 Å². The Labute approximate surface area is 143 Å². The fourth-order valence-electron chi connectivity index (χ4n) is 3.27. The van der Waals surface area contributed by atoms with Crippen molar-refractivity contribution in [3.05, 3.63) is 53.6 Å². The van der Waals surface area contributed by atoms with Gasteiger partial charge in [0, 0.05) is 43.9 Å². The molecule has 1 aliphatic rings. The van der Waals surface area contributed by atoms with Crippen molar-refractivity contribution in [2.45, 2.75) is 31.7 Å². The van der Waals surface area contributed by atoms with E-state index in [1.54, 1.807) is 0 Å². The van der Waals surface area contributed by atoms with Gasteiger partial charge >= 0.3 is 0 Å². The quantitative estimate of drug-likeness (QED) is 0.887. The van der Waals surface area contributed by atoms with Crippen molar-refractivity contribution in [2.24, 2.45) is 0 Å². The van der Waals surface area contributed by atoms with E-state index in [1.165, 1.54) is 5.56 Å². The van der Waals surface area contributed by atoms with Gasteiger partial charge in [-0.15, -0.1) is 0 Å². The Morgan fingerprint density at radius 3 is 2.88 bits per heavy atom. The van der Waals surface area contributed by atoms with Crippen LogP contribution in [0.5, 0.6) is 0 Å². The lowest BCUT2D eigenvalue weighted by molar-refractivity contribution is -0.130. The minimum atomic E-state index is 0.251. The highest BCUT2D eigenvalue weighted by Gasteiger charge is 2.28. The number of H-pyrrole nitrogens is 1. The Hall–Kier alpha value is -2.14. The van der Waals surface area contributed by atoms with Crippen molar-refractivity contribution in [2.75, 3.05) is 27.2 Å². The molecule has 0 spiro atoms. The zero-order chi connectivity index (χ0) is 16.9. The summed E-state index contributed by atoms with van der Waals surface area (Å²) in [5.41, 5.74) is 2.35. The molecule has 24 heavy (non-hydrogen) atoms. The van der Waals surface area contributed by atoms with E-state index in [0.29, 0.717) is 12.3 Å². The molecule has 1 amide bonds. The van der Waals surface area contributed by atoms with Crippen molar-refractivity contribution in [1.29, 1.82) is 0 Å². The van der Waals surface area contributed by atoms with Gasteiger partial charge in [0.15, 0.2) is 0 Å². The summed E-state index contributed by atoms with van der Waals surface area (Å²) in [5, 5.41) is 0. The minimum Gasteiger partial charge on any atom is -0.345 e. The van der Waals surface area contributed by atoms with Crippen molar-refractivity contribution in [3.63, 3.8) is 0 Å². The minimum absolute atomic E-state index is 0.251. The molecular formula is C19H26N4O. The monoisotopic (exact) mass is 326 g/mol. The standard InChI is InChI=1S/C19H26N4O/c1-22(2)14-17-12-20-19(21-17)16-10-11-23(13-16)18(24)9-8-15-6-4-3-5-7-15/h3-7,12,16H,8-11,13-14H2,1-2H3,(H,20,21). The van der Waals surface area contributed by atoms with E-state index in [2.05, 4.69) is 27.0 Å². The fourth-order valence-corrected chi connectivity index (χ4v) is 3.27. The van der Waals surface area contributed by atoms with Crippen molar-refractivity contribution < 1.29 is 4.79 Å². The number of amides is 1. The molecule has 1 aliphatic heterocycles. The van der Waals surface area contributed by atoms with Gasteiger partial charge in [0.05, 0.1) is 0 Å². The molecule has 5 nitrogen and oxygen atoms in total. The number of likely N-dealkylation sites (tertiary alicyclic amines) is 1. The van der Waals surface area contributed by atoms with Crippen LogP contribution in [0.4, 0.5) is 0 Å². The van der Waals surface area contributed by atoms with Gasteiger partial charge in [-0.05, 0) is 32.5 Å². The summed E-state index contributed by atoms with van der Waals surface area (Å²) in [4.78, 5) is 24.5. The van der Waals surface area contributed by atoms with Crippen LogP contribution in [0.15, 0.2) is 36.5 Å². The molecule has 1 atom stereocenters. The molecule has 1 aromatic carbocycles. The Morgan fingerprint density at radius 1 is 1.33 bits per heavy atom. The first-order valence-electron chi connectivity index (χ1n) is 8.62. The van der Waals surface area contributed by atoms with E-state index < -0.39 is 0 Å². The first kappa shape index (κ1) is 16.7. The summed E-state index contributed by atoms with van der Waals surface area (Å²) in [6, 6.07) is 10.2. The molecule has 3 rings (SSSR count). The Kier molecular flexibility index (Phi) is 5.30. The van der Waals surface area contributed by atoms with Gasteiger partial charge in [-0.1, -0.05) is 30.3 Å². The predicted octanol–water partition coefficient (Wildman–Crippen LogP) is 2.42. The highest BCUT2D eigenvalue weighted by Crippen LogP contribution is 2.25. The topological polar surface area (TPSA) is 52.2 Å². The number of nitrogens with one attached hydrogen (secondary N) is 1. The van der Waals surface area contributed by atoms with Crippen molar-refractivity contribution in [1.82, 2.24) is 19.8 Å². The molecule has 1 aromatic heterocycles. The molecule has 0 aliphatic carbocycles. The summed E-state index contributed by atoms with van der Waals surface area (Å²) >= 11 is 0. The number of aromatic amines is 1. The number of benzene rings is 1. The second kappa shape index (κ2) is 7.62. The van der Waals surface area contributed by atoms with Crippen LogP contribution >= 0.6 is 0 Å². The number of hydrogen-bond acceptors (Lipinski definition) is 3. The third-order valence-electron chi connectivity index (χ3n) is 4.53. The first-order chi connectivity index (χ1) is 11.6. The highest BCUT2D eigenvalue weighted by molar-refractivity contribution is 5.76. The van der Waals surface area contributed by atoms with Crippen LogP contribution in [-0.4, -0.2) is 52.9 Å². The second-order valence-corrected chi connectivity index (χ2v) is 6.84. The molecule has 5 heteroatoms. The maximum Gasteiger partial charge on any atom is 0.222 e. The number of rotatable bonds is 6. The summed E-state index contributed by atoms with van der Waals surface area (Å²) in [5.74, 6) is 1.60. The first-order valence-corrected chi connectivity index (χ1v) is 8.62. The molecular weight excluding hydrogens is 300 g/mol. The van der Waals surface area contributed by atoms with Crippen LogP contribution in [0.25, 0.3) is 0 Å². The predicted molar refractivity (Wildman–Crippen MR) is 94.7 cm³/mol. The van der Waals surface area contributed by atoms with Crippen molar-refractivity contribution >= 4 is 5.91 Å². The van der Waals surface area contributed by atoms with Crippen LogP contribution in [0, 0.1) is 0 Å². The molecule has 0 radical (unpaired) electrons. The highest BCUT2D eigenvalue weighted by atomic mass is 16.2. The summed E-state index contributed by atoms with van der Waals surface area (Å²) < 4.78 is 0. The lowest BCUT2D eigenvalue weighted by atomic mass is 10.1. The largest absolute Gasteiger partial charge is 0.345 e. The van der Waals surface area contributed by atoms with Gasteiger partial charge in [-0.25, -0.2) is 4.98 Å². The number of carbonyl (C=O) groups is 1. The van der Waals surface area contributed by atoms with E-state index >= 15 is 0 Å². The molecule has 1 N–H and O–H groups in total. The summed E-state index contributed by atoms with van der Waals surface area (Å²) in [7, 11) is 4.09. The molecule has 1 saturated heterocycles. The number of aromatic nitrogens is 2. The lowest BCUT2D eigenvalue weighted by Crippen LogP contribution is -2.28. The summed E-state index contributed by atoms with van der Waals surface area (Å²) in [6.07, 6.45) is 4.30. The normalized spacial score (nSPS) is 17.6. The number of imidazole rings is 1. The average molecular weight is 326 g/mol. The van der Waals surface area contributed by atoms with Gasteiger partial charge in [0.25, 0.3) is 0 Å². The number of nitrogens with zero attached hydrogens (tertiary/aromatic N) is 3. The van der Waals surface area contributed by atoms with Gasteiger partial charge in [0.2, 0.25) is 5.91 Å². The van der Waals surface area contributed by atoms with Crippen molar-refractivity contribution in [3.8, 4) is 0 Å². The smallest absolute Gasteiger partial charge is 0.222 e. The Balaban J connectivity index is 1.51. The van der Waals surface area contributed by atoms with Gasteiger partial charge < -0.3 is 14.8 Å². The van der Waals surface area contributed by atoms with Crippen LogP contribution in [-0.2, 0) is 17.8 Å². The second-order valence-electron chi connectivity index (χ2n) is 6.84. The van der Waals surface area contributed by atoms with Gasteiger partial charge in [-0.2, -0.15) is 0 Å². The molecule has 1 unspecified atom stereocenters. The van der Waals surface area contributed by atoms with E-state index in [9.17, 15) is 4.79 Å². The van der Waals surface area contributed by atoms with Crippen LogP contribution in [0.2, 0.25) is 0 Å². The third kappa shape index (κ3) is 4.23. The zero-order valence-electron chi connectivity index (χ0n) is 14.5. The van der Waals surface area contributed by atoms with E-state index in [1.807, 2.05) is 43.4 Å². The molecule has 0 bridgehead atoms. The average Bonchev–Trinajstić information content (AvgIpc) is 3.22. The number of hydrogen-bond donors (Lipinski definition) is 1. The third-order valence-corrected chi connectivity index (χ3v) is 4.53. The van der Waals surface area contributed by atoms with Crippen LogP contribution < -0.4 is 0 Å². The Bertz CT molecular complexity index is 665. The van der Waals surface area contributed by atoms with Crippen LogP contribution in [0.1, 0.15) is 35.8 Å². The molecule has 1 fully saturated rings. The maximum absolute atomic E-state index is 12.4. The molecule has 2 heterocycles. The maximum atomic E-state index is 12.4. The number of carbonyl (C=O) groups excluding carboxylic acids is 1. The number of aryl methyl sites for hydroxylation is 1. The SMILES string of the molecule is CN(C)Cc1cnc(C2CCN(C(=O)CCc3ccccc3)C2)[nH]1. The van der Waals surface area contributed by atoms with Gasteiger partial charge in [0.1, 0.15) is 5.82 Å². The van der Waals surface area contributed by atoms with E-state index in [4.69, 9.17) is 0 Å². The van der Waals surface area contributed by atoms with E-state index in [-0.39, 0.29) is 5.91 Å². The molecule has 0 saturated carbocycles. The van der Waals surface area contributed by atoms with Crippen LogP contribution in [0.3, 0.4) is 0 Å². The molecule has 128 valence electrons. The van der Waals surface area contributed by atoms with E-state index in [0.717, 1.165) is 44.0 Å². The lowest BCUT2D eigenvalue weighted by Gasteiger charge is -2.16.